The highest BCUT2D eigenvalue weighted by atomic mass is 16.5. The van der Waals surface area contributed by atoms with Crippen LogP contribution in [-0.4, -0.2) is 24.3 Å². The highest BCUT2D eigenvalue weighted by molar-refractivity contribution is 4.96. The van der Waals surface area contributed by atoms with Gasteiger partial charge in [-0.2, -0.15) is 0 Å². The molecule has 1 heterocycles. The van der Waals surface area contributed by atoms with Crippen LogP contribution in [0.25, 0.3) is 0 Å². The maximum Gasteiger partial charge on any atom is 0.0814 e. The first kappa shape index (κ1) is 13.4. The van der Waals surface area contributed by atoms with E-state index in [0.717, 1.165) is 19.5 Å². The molecule has 1 saturated carbocycles. The summed E-state index contributed by atoms with van der Waals surface area (Å²) < 4.78 is 6.56. The van der Waals surface area contributed by atoms with E-state index < -0.39 is 0 Å². The van der Waals surface area contributed by atoms with Crippen LogP contribution in [0.15, 0.2) is 0 Å². The largest absolute Gasteiger partial charge is 0.366 e. The van der Waals surface area contributed by atoms with Gasteiger partial charge in [0.05, 0.1) is 11.2 Å². The molecule has 2 atom stereocenters. The average Bonchev–Trinajstić information content (AvgIpc) is 2.39. The van der Waals surface area contributed by atoms with E-state index in [1.807, 2.05) is 0 Å². The number of hydrogen-bond donors (Lipinski definition) is 1. The summed E-state index contributed by atoms with van der Waals surface area (Å²) in [5.41, 5.74) is 0.677. The van der Waals surface area contributed by atoms with E-state index >= 15 is 0 Å². The minimum absolute atomic E-state index is 0.0483. The lowest BCUT2D eigenvalue weighted by Gasteiger charge is -2.47. The minimum atomic E-state index is 0.0483. The molecule has 0 bridgehead atoms. The molecule has 0 aromatic carbocycles. The minimum Gasteiger partial charge on any atom is -0.366 e. The molecule has 2 nitrogen and oxygen atoms in total. The average molecular weight is 239 g/mol. The fourth-order valence-electron chi connectivity index (χ4n) is 3.33. The number of hydrogen-bond acceptors (Lipinski definition) is 2. The van der Waals surface area contributed by atoms with Crippen LogP contribution < -0.4 is 5.32 Å². The van der Waals surface area contributed by atoms with Gasteiger partial charge in [-0.05, 0) is 44.4 Å². The molecular weight excluding hydrogens is 210 g/mol. The molecule has 2 unspecified atom stereocenters. The van der Waals surface area contributed by atoms with Gasteiger partial charge in [-0.1, -0.05) is 27.2 Å². The monoisotopic (exact) mass is 239 g/mol. The molecule has 1 aliphatic heterocycles. The molecule has 1 aliphatic carbocycles. The highest BCUT2D eigenvalue weighted by Crippen LogP contribution is 2.42. The van der Waals surface area contributed by atoms with Crippen LogP contribution in [0.1, 0.15) is 66.2 Å². The van der Waals surface area contributed by atoms with Gasteiger partial charge >= 0.3 is 0 Å². The zero-order valence-electron chi connectivity index (χ0n) is 12.1. The third-order valence-corrected chi connectivity index (χ3v) is 4.90. The maximum atomic E-state index is 6.56. The zero-order chi connectivity index (χ0) is 12.6. The summed E-state index contributed by atoms with van der Waals surface area (Å²) >= 11 is 0. The summed E-state index contributed by atoms with van der Waals surface area (Å²) in [6.45, 7) is 11.4. The van der Waals surface area contributed by atoms with E-state index in [-0.39, 0.29) is 11.2 Å². The zero-order valence-corrected chi connectivity index (χ0v) is 12.1. The summed E-state index contributed by atoms with van der Waals surface area (Å²) in [7, 11) is 0. The molecule has 2 aliphatic rings. The van der Waals surface area contributed by atoms with Gasteiger partial charge in [0.25, 0.3) is 0 Å². The predicted molar refractivity (Wildman–Crippen MR) is 72.2 cm³/mol. The van der Waals surface area contributed by atoms with Gasteiger partial charge in [0.1, 0.15) is 0 Å². The molecule has 1 spiro atoms. The van der Waals surface area contributed by atoms with Crippen molar-refractivity contribution in [2.45, 2.75) is 77.4 Å². The van der Waals surface area contributed by atoms with Crippen LogP contribution in [-0.2, 0) is 4.74 Å². The number of nitrogens with one attached hydrogen (secondary N) is 1. The predicted octanol–water partition coefficient (Wildman–Crippen LogP) is 3.50. The molecule has 0 aromatic heterocycles. The smallest absolute Gasteiger partial charge is 0.0814 e. The molecule has 2 rings (SSSR count). The lowest BCUT2D eigenvalue weighted by Crippen LogP contribution is -2.58. The first-order chi connectivity index (χ1) is 7.89. The van der Waals surface area contributed by atoms with Gasteiger partial charge in [-0.25, -0.2) is 0 Å². The Morgan fingerprint density at radius 2 is 1.76 bits per heavy atom. The van der Waals surface area contributed by atoms with Crippen molar-refractivity contribution in [1.82, 2.24) is 5.32 Å². The normalized spacial score (nSPS) is 42.4. The summed E-state index contributed by atoms with van der Waals surface area (Å²) in [5.74, 6) is 0. The Morgan fingerprint density at radius 3 is 2.47 bits per heavy atom. The first-order valence-corrected chi connectivity index (χ1v) is 7.30. The van der Waals surface area contributed by atoms with E-state index in [9.17, 15) is 0 Å². The lowest BCUT2D eigenvalue weighted by molar-refractivity contribution is -0.177. The van der Waals surface area contributed by atoms with Crippen molar-refractivity contribution in [2.24, 2.45) is 5.41 Å². The molecule has 1 N–H and O–H groups in total. The van der Waals surface area contributed by atoms with Gasteiger partial charge in [0.2, 0.25) is 0 Å². The van der Waals surface area contributed by atoms with Crippen LogP contribution in [0, 0.1) is 5.41 Å². The molecule has 2 heteroatoms. The quantitative estimate of drug-likeness (QED) is 0.756. The van der Waals surface area contributed by atoms with Gasteiger partial charge in [0.15, 0.2) is 0 Å². The molecule has 100 valence electrons. The van der Waals surface area contributed by atoms with Crippen molar-refractivity contribution in [1.29, 1.82) is 0 Å². The fourth-order valence-corrected chi connectivity index (χ4v) is 3.33. The Morgan fingerprint density at radius 1 is 1.00 bits per heavy atom. The Balaban J connectivity index is 2.08. The van der Waals surface area contributed by atoms with Crippen molar-refractivity contribution >= 4 is 0 Å². The summed E-state index contributed by atoms with van der Waals surface area (Å²) in [6.07, 6.45) is 7.52. The molecule has 0 aromatic rings. The Hall–Kier alpha value is -0.0800. The molecule has 2 fully saturated rings. The van der Waals surface area contributed by atoms with Crippen LogP contribution in [0.5, 0.6) is 0 Å². The van der Waals surface area contributed by atoms with Gasteiger partial charge in [-0.3, -0.25) is 0 Å². The van der Waals surface area contributed by atoms with Crippen molar-refractivity contribution in [2.75, 3.05) is 13.1 Å². The lowest BCUT2D eigenvalue weighted by atomic mass is 9.83. The molecule has 0 amide bonds. The van der Waals surface area contributed by atoms with Gasteiger partial charge in [0, 0.05) is 13.1 Å². The van der Waals surface area contributed by atoms with Crippen molar-refractivity contribution < 1.29 is 4.74 Å². The standard InChI is InChI=1S/C15H29NO/c1-5-14(4)11-16-12-15(17-14)8-6-7-13(2,3)9-10-15/h16H,5-12H2,1-4H3. The molecular formula is C15H29NO. The van der Waals surface area contributed by atoms with Gasteiger partial charge < -0.3 is 10.1 Å². The summed E-state index contributed by atoms with van der Waals surface area (Å²) in [5, 5.41) is 3.62. The van der Waals surface area contributed by atoms with E-state index in [4.69, 9.17) is 4.74 Å². The summed E-state index contributed by atoms with van der Waals surface area (Å²) in [6, 6.07) is 0. The van der Waals surface area contributed by atoms with E-state index in [1.54, 1.807) is 0 Å². The van der Waals surface area contributed by atoms with Crippen LogP contribution in [0.4, 0.5) is 0 Å². The first-order valence-electron chi connectivity index (χ1n) is 7.30. The third-order valence-electron chi connectivity index (χ3n) is 4.90. The third kappa shape index (κ3) is 3.03. The topological polar surface area (TPSA) is 21.3 Å². The van der Waals surface area contributed by atoms with Crippen molar-refractivity contribution in [3.8, 4) is 0 Å². The van der Waals surface area contributed by atoms with Crippen molar-refractivity contribution in [3.63, 3.8) is 0 Å². The Labute approximate surface area is 107 Å². The second-order valence-electron chi connectivity index (χ2n) is 7.21. The number of rotatable bonds is 1. The van der Waals surface area contributed by atoms with Crippen LogP contribution in [0.3, 0.4) is 0 Å². The van der Waals surface area contributed by atoms with Crippen LogP contribution >= 0.6 is 0 Å². The highest BCUT2D eigenvalue weighted by Gasteiger charge is 2.44. The Kier molecular flexibility index (Phi) is 3.57. The molecule has 17 heavy (non-hydrogen) atoms. The maximum absolute atomic E-state index is 6.56. The summed E-state index contributed by atoms with van der Waals surface area (Å²) in [4.78, 5) is 0. The molecule has 1 saturated heterocycles. The second-order valence-corrected chi connectivity index (χ2v) is 7.21. The van der Waals surface area contributed by atoms with Gasteiger partial charge in [-0.15, -0.1) is 0 Å². The van der Waals surface area contributed by atoms with E-state index in [2.05, 4.69) is 33.0 Å². The number of ether oxygens (including phenoxy) is 1. The second kappa shape index (κ2) is 4.55. The fraction of sp³-hybridized carbons (Fsp3) is 1.00. The molecule has 0 radical (unpaired) electrons. The van der Waals surface area contributed by atoms with Crippen molar-refractivity contribution in [3.05, 3.63) is 0 Å². The SMILES string of the molecule is CCC1(C)CNCC2(CCCC(C)(C)CC2)O1. The van der Waals surface area contributed by atoms with Crippen LogP contribution in [0.2, 0.25) is 0 Å². The Bertz CT molecular complexity index is 276. The van der Waals surface area contributed by atoms with E-state index in [1.165, 1.54) is 32.1 Å². The van der Waals surface area contributed by atoms with E-state index in [0.29, 0.717) is 5.41 Å². The number of morpholine rings is 1.